The summed E-state index contributed by atoms with van der Waals surface area (Å²) in [5, 5.41) is 9.80. The van der Waals surface area contributed by atoms with Gasteiger partial charge in [-0.05, 0) is 72.5 Å². The van der Waals surface area contributed by atoms with Crippen molar-refractivity contribution in [1.82, 2.24) is 10.3 Å². The fourth-order valence-electron chi connectivity index (χ4n) is 2.70. The van der Waals surface area contributed by atoms with Gasteiger partial charge >= 0.3 is 12.1 Å². The molecule has 0 aliphatic rings. The first-order valence-corrected chi connectivity index (χ1v) is 12.8. The van der Waals surface area contributed by atoms with Gasteiger partial charge in [-0.3, -0.25) is 14.6 Å². The van der Waals surface area contributed by atoms with Gasteiger partial charge in [0.15, 0.2) is 11.5 Å². The Bertz CT molecular complexity index is 1030. The third kappa shape index (κ3) is 11.7. The maximum Gasteiger partial charge on any atom is 0.490 e. The molecule has 2 atom stereocenters. The molecular formula is C23H28F3N3O6S2. The van der Waals surface area contributed by atoms with Crippen LogP contribution in [0.25, 0.3) is 0 Å². The molecular weight excluding hydrogens is 535 g/mol. The maximum atomic E-state index is 12.9. The molecule has 0 saturated carbocycles. The first-order valence-electron chi connectivity index (χ1n) is 10.6. The van der Waals surface area contributed by atoms with E-state index in [4.69, 9.17) is 25.1 Å². The zero-order chi connectivity index (χ0) is 28.0. The number of ether oxygens (including phenoxy) is 2. The quantitative estimate of drug-likeness (QED) is 0.349. The second kappa shape index (κ2) is 16.0. The molecule has 1 amide bonds. The summed E-state index contributed by atoms with van der Waals surface area (Å²) in [7, 11) is 3.10. The van der Waals surface area contributed by atoms with Crippen LogP contribution in [0.4, 0.5) is 13.2 Å². The number of nitrogens with two attached hydrogens (primary N) is 1. The average molecular weight is 564 g/mol. The number of pyridine rings is 1. The van der Waals surface area contributed by atoms with E-state index >= 15 is 0 Å². The highest BCUT2D eigenvalue weighted by atomic mass is 32.2. The Morgan fingerprint density at radius 2 is 1.70 bits per heavy atom. The predicted octanol–water partition coefficient (Wildman–Crippen LogP) is 3.16. The van der Waals surface area contributed by atoms with Crippen molar-refractivity contribution in [2.45, 2.75) is 36.0 Å². The van der Waals surface area contributed by atoms with E-state index in [1.165, 1.54) is 0 Å². The second-order valence-corrected chi connectivity index (χ2v) is 9.31. The Balaban J connectivity index is 0.000000856. The second-order valence-electron chi connectivity index (χ2n) is 7.25. The number of benzene rings is 1. The lowest BCUT2D eigenvalue weighted by Crippen LogP contribution is -2.48. The SMILES string of the molecule is COc1ccc(SC(=O)[C@@H](CCSC)NC(=O)[C@@H](N)Cc2ccncc2)cc1OC.O=C(O)C(F)(F)F. The van der Waals surface area contributed by atoms with Crippen LogP contribution in [0.15, 0.2) is 47.6 Å². The largest absolute Gasteiger partial charge is 0.493 e. The van der Waals surface area contributed by atoms with Gasteiger partial charge in [0.2, 0.25) is 11.0 Å². The Morgan fingerprint density at radius 1 is 1.11 bits per heavy atom. The first-order chi connectivity index (χ1) is 17.4. The maximum absolute atomic E-state index is 12.9. The minimum Gasteiger partial charge on any atom is -0.493 e. The van der Waals surface area contributed by atoms with E-state index in [-0.39, 0.29) is 11.0 Å². The van der Waals surface area contributed by atoms with Crippen molar-refractivity contribution in [3.05, 3.63) is 48.3 Å². The molecule has 14 heteroatoms. The van der Waals surface area contributed by atoms with Crippen molar-refractivity contribution >= 4 is 40.5 Å². The molecule has 0 aliphatic carbocycles. The molecule has 4 N–H and O–H groups in total. The minimum absolute atomic E-state index is 0.152. The number of carboxylic acid groups (broad SMARTS) is 1. The fourth-order valence-corrected chi connectivity index (χ4v) is 4.02. The Kier molecular flexibility index (Phi) is 13.9. The molecule has 0 fully saturated rings. The van der Waals surface area contributed by atoms with Crippen LogP contribution in [-0.4, -0.2) is 71.6 Å². The first kappa shape index (κ1) is 32.1. The number of carbonyl (C=O) groups excluding carboxylic acids is 2. The van der Waals surface area contributed by atoms with Gasteiger partial charge in [-0.25, -0.2) is 4.79 Å². The van der Waals surface area contributed by atoms with Crippen molar-refractivity contribution in [3.63, 3.8) is 0 Å². The molecule has 0 saturated heterocycles. The van der Waals surface area contributed by atoms with Gasteiger partial charge in [0.1, 0.15) is 0 Å². The highest BCUT2D eigenvalue weighted by Crippen LogP contribution is 2.32. The summed E-state index contributed by atoms with van der Waals surface area (Å²) in [6.07, 6.45) is 1.09. The van der Waals surface area contributed by atoms with E-state index in [1.54, 1.807) is 56.6 Å². The molecule has 0 aliphatic heterocycles. The van der Waals surface area contributed by atoms with Crippen LogP contribution in [0.2, 0.25) is 0 Å². The summed E-state index contributed by atoms with van der Waals surface area (Å²) >= 11 is 2.68. The van der Waals surface area contributed by atoms with Crippen LogP contribution in [0.1, 0.15) is 12.0 Å². The normalized spacial score (nSPS) is 12.4. The molecule has 0 unspecified atom stereocenters. The number of halogens is 3. The lowest BCUT2D eigenvalue weighted by molar-refractivity contribution is -0.192. The number of amides is 1. The van der Waals surface area contributed by atoms with E-state index in [9.17, 15) is 22.8 Å². The zero-order valence-corrected chi connectivity index (χ0v) is 21.9. The molecule has 0 spiro atoms. The van der Waals surface area contributed by atoms with Crippen molar-refractivity contribution in [3.8, 4) is 11.5 Å². The number of methoxy groups -OCH3 is 2. The number of hydrogen-bond donors (Lipinski definition) is 3. The number of aliphatic carboxylic acids is 1. The predicted molar refractivity (Wildman–Crippen MR) is 135 cm³/mol. The van der Waals surface area contributed by atoms with Crippen LogP contribution in [0.5, 0.6) is 11.5 Å². The fraction of sp³-hybridized carbons (Fsp3) is 0.391. The summed E-state index contributed by atoms with van der Waals surface area (Å²) in [6.45, 7) is 0. The molecule has 9 nitrogen and oxygen atoms in total. The molecule has 1 aromatic carbocycles. The molecule has 1 aromatic heterocycles. The van der Waals surface area contributed by atoms with E-state index in [2.05, 4.69) is 10.3 Å². The summed E-state index contributed by atoms with van der Waals surface area (Å²) in [5.41, 5.74) is 6.98. The van der Waals surface area contributed by atoms with Crippen LogP contribution < -0.4 is 20.5 Å². The van der Waals surface area contributed by atoms with Crippen molar-refractivity contribution in [2.24, 2.45) is 5.73 Å². The number of hydrogen-bond acceptors (Lipinski definition) is 9. The van der Waals surface area contributed by atoms with E-state index in [0.717, 1.165) is 23.1 Å². The number of aromatic nitrogens is 1. The molecule has 0 radical (unpaired) electrons. The Morgan fingerprint density at radius 3 is 2.22 bits per heavy atom. The summed E-state index contributed by atoms with van der Waals surface area (Å²) in [4.78, 5) is 39.1. The van der Waals surface area contributed by atoms with Crippen LogP contribution in [0.3, 0.4) is 0 Å². The van der Waals surface area contributed by atoms with Crippen LogP contribution >= 0.6 is 23.5 Å². The zero-order valence-electron chi connectivity index (χ0n) is 20.3. The van der Waals surface area contributed by atoms with Crippen LogP contribution in [-0.2, 0) is 20.8 Å². The lowest BCUT2D eigenvalue weighted by atomic mass is 10.1. The van der Waals surface area contributed by atoms with E-state index < -0.39 is 24.2 Å². The Hall–Kier alpha value is -2.97. The standard InChI is InChI=1S/C21H27N3O4S2.C2HF3O2/c1-27-18-5-4-15(13-19(18)28-2)30-21(26)17(8-11-29-3)24-20(25)16(22)12-14-6-9-23-10-7-14;3-2(4,5)1(6)7/h4-7,9-10,13,16-17H,8,11-12,22H2,1-3H3,(H,24,25);(H,6,7)/t16-,17+;/m0./s1. The lowest BCUT2D eigenvalue weighted by Gasteiger charge is -2.20. The van der Waals surface area contributed by atoms with Gasteiger partial charge < -0.3 is 25.6 Å². The van der Waals surface area contributed by atoms with Gasteiger partial charge in [-0.15, -0.1) is 0 Å². The number of alkyl halides is 3. The van der Waals surface area contributed by atoms with Gasteiger partial charge in [-0.2, -0.15) is 24.9 Å². The topological polar surface area (TPSA) is 141 Å². The smallest absolute Gasteiger partial charge is 0.490 e. The molecule has 204 valence electrons. The number of carboxylic acids is 1. The number of carbonyl (C=O) groups is 3. The third-order valence-electron chi connectivity index (χ3n) is 4.57. The summed E-state index contributed by atoms with van der Waals surface area (Å²) < 4.78 is 42.3. The van der Waals surface area contributed by atoms with E-state index in [0.29, 0.717) is 29.2 Å². The van der Waals surface area contributed by atoms with Crippen molar-refractivity contribution in [2.75, 3.05) is 26.2 Å². The van der Waals surface area contributed by atoms with Crippen molar-refractivity contribution in [1.29, 1.82) is 0 Å². The monoisotopic (exact) mass is 563 g/mol. The summed E-state index contributed by atoms with van der Waals surface area (Å²) in [6, 6.07) is 7.52. The minimum atomic E-state index is -5.08. The molecule has 2 aromatic rings. The molecule has 37 heavy (non-hydrogen) atoms. The third-order valence-corrected chi connectivity index (χ3v) is 6.19. The highest BCUT2D eigenvalue weighted by molar-refractivity contribution is 8.13. The molecule has 2 rings (SSSR count). The van der Waals surface area contributed by atoms with Crippen LogP contribution in [0, 0.1) is 0 Å². The molecule has 0 bridgehead atoms. The summed E-state index contributed by atoms with van der Waals surface area (Å²) in [5.74, 6) is -1.24. The number of nitrogens with one attached hydrogen (secondary N) is 1. The van der Waals surface area contributed by atoms with Gasteiger partial charge in [0, 0.05) is 17.3 Å². The molecule has 1 heterocycles. The van der Waals surface area contributed by atoms with Gasteiger partial charge in [-0.1, -0.05) is 0 Å². The van der Waals surface area contributed by atoms with Gasteiger partial charge in [0.25, 0.3) is 0 Å². The highest BCUT2D eigenvalue weighted by Gasteiger charge is 2.38. The number of nitrogens with zero attached hydrogens (tertiary/aromatic N) is 1. The number of rotatable bonds is 11. The van der Waals surface area contributed by atoms with Crippen molar-refractivity contribution < 1.29 is 42.1 Å². The Labute approximate surface area is 220 Å². The van der Waals surface area contributed by atoms with Gasteiger partial charge in [0.05, 0.1) is 26.3 Å². The van der Waals surface area contributed by atoms with E-state index in [1.807, 2.05) is 18.4 Å². The average Bonchev–Trinajstić information content (AvgIpc) is 2.86. The number of thioether (sulfide) groups is 2.